The van der Waals surface area contributed by atoms with E-state index in [1.807, 2.05) is 56.3 Å². The van der Waals surface area contributed by atoms with Crippen molar-refractivity contribution in [2.24, 2.45) is 0 Å². The van der Waals surface area contributed by atoms with Gasteiger partial charge >= 0.3 is 6.09 Å². The summed E-state index contributed by atoms with van der Waals surface area (Å²) in [7, 11) is 1.62. The van der Waals surface area contributed by atoms with E-state index >= 15 is 0 Å². The molecule has 134 valence electrons. The Hall–Kier alpha value is -3.08. The van der Waals surface area contributed by atoms with Crippen molar-refractivity contribution in [3.8, 4) is 5.75 Å². The Bertz CT molecular complexity index is 835. The van der Waals surface area contributed by atoms with Crippen LogP contribution in [0, 0.1) is 13.8 Å². The third kappa shape index (κ3) is 3.47. The van der Waals surface area contributed by atoms with Crippen LogP contribution in [0.15, 0.2) is 48.5 Å². The van der Waals surface area contributed by atoms with Gasteiger partial charge in [0, 0.05) is 6.08 Å². The number of imide groups is 1. The second kappa shape index (κ2) is 7.44. The number of benzene rings is 2. The van der Waals surface area contributed by atoms with Gasteiger partial charge in [-0.1, -0.05) is 30.3 Å². The molecule has 1 fully saturated rings. The van der Waals surface area contributed by atoms with E-state index in [1.54, 1.807) is 13.2 Å². The van der Waals surface area contributed by atoms with E-state index < -0.39 is 18.0 Å². The van der Waals surface area contributed by atoms with Gasteiger partial charge in [0.15, 0.2) is 0 Å². The lowest BCUT2D eigenvalue weighted by Gasteiger charge is -2.18. The Morgan fingerprint density at radius 2 is 1.85 bits per heavy atom. The van der Waals surface area contributed by atoms with Crippen molar-refractivity contribution in [3.05, 3.63) is 70.8 Å². The first-order chi connectivity index (χ1) is 12.5. The summed E-state index contributed by atoms with van der Waals surface area (Å²) in [6, 6.07) is 12.8. The minimum atomic E-state index is -0.614. The first-order valence-electron chi connectivity index (χ1n) is 8.39. The first kappa shape index (κ1) is 17.7. The lowest BCUT2D eigenvalue weighted by Crippen LogP contribution is -2.32. The second-order valence-electron chi connectivity index (χ2n) is 6.22. The Kier molecular flexibility index (Phi) is 5.07. The van der Waals surface area contributed by atoms with E-state index in [0.29, 0.717) is 0 Å². The van der Waals surface area contributed by atoms with E-state index in [-0.39, 0.29) is 6.61 Å². The minimum absolute atomic E-state index is 0.170. The molecule has 5 heteroatoms. The SMILES string of the molecule is COc1cc(C)c(/C=C\C(=O)N2C(=O)OCC2c2ccccc2)c(C)c1. The number of methoxy groups -OCH3 is 1. The van der Waals surface area contributed by atoms with Crippen LogP contribution >= 0.6 is 0 Å². The van der Waals surface area contributed by atoms with Gasteiger partial charge in [-0.15, -0.1) is 0 Å². The number of amides is 2. The van der Waals surface area contributed by atoms with Crippen LogP contribution in [0.2, 0.25) is 0 Å². The maximum Gasteiger partial charge on any atom is 0.417 e. The number of hydrogen-bond acceptors (Lipinski definition) is 4. The summed E-state index contributed by atoms with van der Waals surface area (Å²) in [5, 5.41) is 0. The number of hydrogen-bond donors (Lipinski definition) is 0. The van der Waals surface area contributed by atoms with Crippen LogP contribution in [0.3, 0.4) is 0 Å². The highest BCUT2D eigenvalue weighted by Crippen LogP contribution is 2.28. The third-order valence-electron chi connectivity index (χ3n) is 4.49. The summed E-state index contributed by atoms with van der Waals surface area (Å²) in [5.41, 5.74) is 3.80. The molecule has 1 saturated heterocycles. The molecule has 1 unspecified atom stereocenters. The number of aryl methyl sites for hydroxylation is 2. The predicted molar refractivity (Wildman–Crippen MR) is 98.9 cm³/mol. The summed E-state index contributed by atoms with van der Waals surface area (Å²) < 4.78 is 10.4. The zero-order valence-electron chi connectivity index (χ0n) is 15.1. The van der Waals surface area contributed by atoms with Gasteiger partial charge in [-0.3, -0.25) is 4.79 Å². The molecule has 2 aromatic carbocycles. The number of cyclic esters (lactones) is 1. The zero-order chi connectivity index (χ0) is 18.7. The molecule has 2 aromatic rings. The fraction of sp³-hybridized carbons (Fsp3) is 0.238. The maximum atomic E-state index is 12.7. The van der Waals surface area contributed by atoms with Gasteiger partial charge in [0.1, 0.15) is 18.4 Å². The molecule has 1 heterocycles. The molecule has 0 aliphatic carbocycles. The molecule has 5 nitrogen and oxygen atoms in total. The van der Waals surface area contributed by atoms with E-state index in [9.17, 15) is 9.59 Å². The summed E-state index contributed by atoms with van der Waals surface area (Å²) >= 11 is 0. The van der Waals surface area contributed by atoms with Crippen molar-refractivity contribution in [1.82, 2.24) is 4.90 Å². The molecule has 3 rings (SSSR count). The van der Waals surface area contributed by atoms with Gasteiger partial charge in [-0.2, -0.15) is 0 Å². The summed E-state index contributed by atoms with van der Waals surface area (Å²) in [5.74, 6) is 0.381. The molecule has 0 radical (unpaired) electrons. The first-order valence-corrected chi connectivity index (χ1v) is 8.39. The molecule has 0 aromatic heterocycles. The Morgan fingerprint density at radius 1 is 1.19 bits per heavy atom. The number of carbonyl (C=O) groups excluding carboxylic acids is 2. The van der Waals surface area contributed by atoms with E-state index in [2.05, 4.69) is 0 Å². The van der Waals surface area contributed by atoms with E-state index in [0.717, 1.165) is 28.0 Å². The topological polar surface area (TPSA) is 55.8 Å². The zero-order valence-corrected chi connectivity index (χ0v) is 15.1. The summed E-state index contributed by atoms with van der Waals surface area (Å²) in [6.45, 7) is 4.08. The molecule has 2 amide bonds. The highest BCUT2D eigenvalue weighted by atomic mass is 16.6. The Balaban J connectivity index is 1.85. The molecule has 0 saturated carbocycles. The fourth-order valence-electron chi connectivity index (χ4n) is 3.14. The van der Waals surface area contributed by atoms with Gasteiger partial charge < -0.3 is 9.47 Å². The van der Waals surface area contributed by atoms with Crippen molar-refractivity contribution < 1.29 is 19.1 Å². The van der Waals surface area contributed by atoms with Crippen molar-refractivity contribution in [1.29, 1.82) is 0 Å². The van der Waals surface area contributed by atoms with Gasteiger partial charge in [-0.05, 0) is 54.3 Å². The van der Waals surface area contributed by atoms with Crippen LogP contribution in [-0.4, -0.2) is 30.6 Å². The molecule has 0 N–H and O–H groups in total. The molecule has 0 bridgehead atoms. The lowest BCUT2D eigenvalue weighted by atomic mass is 10.0. The largest absolute Gasteiger partial charge is 0.497 e. The van der Waals surface area contributed by atoms with Crippen molar-refractivity contribution in [2.45, 2.75) is 19.9 Å². The second-order valence-corrected chi connectivity index (χ2v) is 6.22. The molecule has 26 heavy (non-hydrogen) atoms. The summed E-state index contributed by atoms with van der Waals surface area (Å²) in [4.78, 5) is 25.9. The van der Waals surface area contributed by atoms with Crippen LogP contribution in [0.4, 0.5) is 4.79 Å². The monoisotopic (exact) mass is 351 g/mol. The average molecular weight is 351 g/mol. The highest BCUT2D eigenvalue weighted by Gasteiger charge is 2.37. The van der Waals surface area contributed by atoms with Crippen LogP contribution in [-0.2, 0) is 9.53 Å². The van der Waals surface area contributed by atoms with Crippen LogP contribution < -0.4 is 4.74 Å². The Morgan fingerprint density at radius 3 is 2.46 bits per heavy atom. The van der Waals surface area contributed by atoms with Crippen molar-refractivity contribution >= 4 is 18.1 Å². The van der Waals surface area contributed by atoms with Crippen LogP contribution in [0.5, 0.6) is 5.75 Å². The van der Waals surface area contributed by atoms with Gasteiger partial charge in [0.25, 0.3) is 5.91 Å². The maximum absolute atomic E-state index is 12.7. The molecule has 0 spiro atoms. The Labute approximate surface area is 152 Å². The van der Waals surface area contributed by atoms with Gasteiger partial charge in [0.05, 0.1) is 7.11 Å². The van der Waals surface area contributed by atoms with E-state index in [4.69, 9.17) is 9.47 Å². The molecule has 1 aliphatic heterocycles. The normalized spacial score (nSPS) is 16.8. The van der Waals surface area contributed by atoms with Crippen molar-refractivity contribution in [3.63, 3.8) is 0 Å². The lowest BCUT2D eigenvalue weighted by molar-refractivity contribution is -0.124. The number of carbonyl (C=O) groups is 2. The average Bonchev–Trinajstić information content (AvgIpc) is 3.03. The third-order valence-corrected chi connectivity index (χ3v) is 4.49. The van der Waals surface area contributed by atoms with Crippen LogP contribution in [0.1, 0.15) is 28.3 Å². The minimum Gasteiger partial charge on any atom is -0.497 e. The van der Waals surface area contributed by atoms with E-state index in [1.165, 1.54) is 11.0 Å². The molecule has 1 aliphatic rings. The smallest absolute Gasteiger partial charge is 0.417 e. The highest BCUT2D eigenvalue weighted by molar-refractivity contribution is 6.02. The number of rotatable bonds is 4. The fourth-order valence-corrected chi connectivity index (χ4v) is 3.14. The molecule has 1 atom stereocenters. The van der Waals surface area contributed by atoms with Gasteiger partial charge in [-0.25, -0.2) is 9.69 Å². The molecular weight excluding hydrogens is 330 g/mol. The summed E-state index contributed by atoms with van der Waals surface area (Å²) in [6.07, 6.45) is 2.54. The quantitative estimate of drug-likeness (QED) is 0.780. The number of ether oxygens (including phenoxy) is 2. The standard InChI is InChI=1S/C21H21NO4/c1-14-11-17(25-3)12-15(2)18(14)9-10-20(23)22-19(13-26-21(22)24)16-7-5-4-6-8-16/h4-12,19H,13H2,1-3H3/b10-9-. The number of nitrogens with zero attached hydrogens (tertiary/aromatic N) is 1. The predicted octanol–water partition coefficient (Wildman–Crippen LogP) is 4.05. The van der Waals surface area contributed by atoms with Crippen molar-refractivity contribution in [2.75, 3.05) is 13.7 Å². The molecular formula is C21H21NO4. The van der Waals surface area contributed by atoms with Gasteiger partial charge in [0.2, 0.25) is 0 Å². The van der Waals surface area contributed by atoms with Crippen LogP contribution in [0.25, 0.3) is 6.08 Å².